The lowest BCUT2D eigenvalue weighted by Crippen LogP contribution is -2.10. The second kappa shape index (κ2) is 13.4. The summed E-state index contributed by atoms with van der Waals surface area (Å²) < 4.78 is 7.26. The molecule has 0 spiro atoms. The van der Waals surface area contributed by atoms with Crippen LogP contribution in [0.3, 0.4) is 0 Å². The first-order valence-corrected chi connectivity index (χ1v) is 22.2. The Bertz CT molecular complexity index is 3080. The lowest BCUT2D eigenvalue weighted by Gasteiger charge is -2.19. The van der Waals surface area contributed by atoms with Crippen molar-refractivity contribution in [2.24, 2.45) is 0 Å². The molecule has 0 radical (unpaired) electrons. The second-order valence-corrected chi connectivity index (χ2v) is 21.9. The fraction of sp³-hybridized carbons (Fsp3) is 0.276. The molecule has 0 saturated heterocycles. The van der Waals surface area contributed by atoms with Gasteiger partial charge in [-0.3, -0.25) is 0 Å². The van der Waals surface area contributed by atoms with E-state index < -0.39 is 0 Å². The van der Waals surface area contributed by atoms with Crippen LogP contribution in [0.2, 0.25) is 0 Å². The smallest absolute Gasteiger partial charge is 0.115 e. The van der Waals surface area contributed by atoms with Crippen LogP contribution in [0.1, 0.15) is 105 Å². The van der Waals surface area contributed by atoms with Crippen LogP contribution in [0.25, 0.3) is 82.5 Å². The molecule has 0 fully saturated rings. The third-order valence-corrected chi connectivity index (χ3v) is 13.4. The number of fused-ring (bicyclic) bond motifs is 9. The van der Waals surface area contributed by atoms with E-state index in [-0.39, 0.29) is 27.4 Å². The molecule has 4 heteroatoms. The van der Waals surface area contributed by atoms with Crippen molar-refractivity contribution in [3.63, 3.8) is 0 Å². The zero-order chi connectivity index (χ0) is 43.8. The fourth-order valence-electron chi connectivity index (χ4n) is 9.63. The number of nitrogens with zero attached hydrogens (tertiary/aromatic N) is 3. The van der Waals surface area contributed by atoms with Crippen molar-refractivity contribution in [2.45, 2.75) is 105 Å². The molecule has 1 N–H and O–H groups in total. The van der Waals surface area contributed by atoms with E-state index in [0.717, 1.165) is 28.1 Å². The van der Waals surface area contributed by atoms with Crippen LogP contribution < -0.4 is 0 Å². The standard InChI is InChI=1S/C58H59N3O/c1-55(2,3)35-13-23-49-43(29-35)44-30-36(56(4,5)6)14-24-50(44)60(49)40-19-27-53-47(33-40)48-34-41(20-28-54(48)59(53)39-17-21-42(62)22-18-39)61-51-25-15-37(57(7,8)9)31-45(51)46-32-38(58(10,11)12)16-26-52(46)61/h13-34,62H,1-12H3. The van der Waals surface area contributed by atoms with Gasteiger partial charge < -0.3 is 18.8 Å². The molecule has 0 saturated carbocycles. The number of aromatic nitrogens is 3. The van der Waals surface area contributed by atoms with Crippen molar-refractivity contribution < 1.29 is 5.11 Å². The van der Waals surface area contributed by atoms with Gasteiger partial charge in [0.2, 0.25) is 0 Å². The summed E-state index contributed by atoms with van der Waals surface area (Å²) >= 11 is 0. The molecule has 0 unspecified atom stereocenters. The van der Waals surface area contributed by atoms with Gasteiger partial charge in [-0.1, -0.05) is 107 Å². The van der Waals surface area contributed by atoms with Gasteiger partial charge in [-0.05, 0) is 153 Å². The topological polar surface area (TPSA) is 35.0 Å². The van der Waals surface area contributed by atoms with Crippen LogP contribution in [-0.4, -0.2) is 18.8 Å². The summed E-state index contributed by atoms with van der Waals surface area (Å²) in [6.45, 7) is 27.6. The van der Waals surface area contributed by atoms with Crippen LogP contribution in [-0.2, 0) is 21.7 Å². The molecule has 0 aliphatic carbocycles. The molecule has 312 valence electrons. The number of aromatic hydroxyl groups is 1. The highest BCUT2D eigenvalue weighted by molar-refractivity contribution is 6.14. The molecule has 4 nitrogen and oxygen atoms in total. The van der Waals surface area contributed by atoms with Gasteiger partial charge >= 0.3 is 0 Å². The van der Waals surface area contributed by atoms with E-state index in [2.05, 4.69) is 206 Å². The first-order valence-electron chi connectivity index (χ1n) is 22.2. The van der Waals surface area contributed by atoms with Gasteiger partial charge in [0.25, 0.3) is 0 Å². The van der Waals surface area contributed by atoms with Gasteiger partial charge in [0.1, 0.15) is 5.75 Å². The second-order valence-electron chi connectivity index (χ2n) is 21.9. The van der Waals surface area contributed by atoms with Crippen LogP contribution in [0.15, 0.2) is 133 Å². The van der Waals surface area contributed by atoms with E-state index in [1.807, 2.05) is 12.1 Å². The van der Waals surface area contributed by atoms with Crippen molar-refractivity contribution >= 4 is 65.4 Å². The van der Waals surface area contributed by atoms with Crippen LogP contribution in [0.5, 0.6) is 5.75 Å². The summed E-state index contributed by atoms with van der Waals surface area (Å²) in [7, 11) is 0. The Labute approximate surface area is 366 Å². The molecule has 0 aliphatic rings. The van der Waals surface area contributed by atoms with E-state index in [1.165, 1.54) is 76.6 Å². The first-order chi connectivity index (χ1) is 29.2. The van der Waals surface area contributed by atoms with Gasteiger partial charge in [0.05, 0.1) is 33.1 Å². The largest absolute Gasteiger partial charge is 0.508 e. The number of benzene rings is 7. The summed E-state index contributed by atoms with van der Waals surface area (Å²) in [6, 6.07) is 49.7. The lowest BCUT2D eigenvalue weighted by molar-refractivity contribution is 0.475. The zero-order valence-corrected chi connectivity index (χ0v) is 38.5. The maximum atomic E-state index is 10.3. The fourth-order valence-corrected chi connectivity index (χ4v) is 9.63. The summed E-state index contributed by atoms with van der Waals surface area (Å²) in [5, 5.41) is 17.8. The van der Waals surface area contributed by atoms with E-state index in [1.54, 1.807) is 12.1 Å². The number of phenolic OH excluding ortho intramolecular Hbond substituents is 1. The third-order valence-electron chi connectivity index (χ3n) is 13.4. The Kier molecular flexibility index (Phi) is 8.59. The zero-order valence-electron chi connectivity index (χ0n) is 38.5. The Hall–Kier alpha value is -6.26. The quantitative estimate of drug-likeness (QED) is 0.189. The Morgan fingerprint density at radius 2 is 0.500 bits per heavy atom. The maximum Gasteiger partial charge on any atom is 0.115 e. The van der Waals surface area contributed by atoms with E-state index >= 15 is 0 Å². The molecule has 0 amide bonds. The van der Waals surface area contributed by atoms with Crippen LogP contribution in [0.4, 0.5) is 0 Å². The van der Waals surface area contributed by atoms with Gasteiger partial charge in [0.15, 0.2) is 0 Å². The van der Waals surface area contributed by atoms with E-state index in [0.29, 0.717) is 0 Å². The highest BCUT2D eigenvalue weighted by atomic mass is 16.3. The van der Waals surface area contributed by atoms with Crippen molar-refractivity contribution in [2.75, 3.05) is 0 Å². The summed E-state index contributed by atoms with van der Waals surface area (Å²) in [4.78, 5) is 0. The van der Waals surface area contributed by atoms with Crippen LogP contribution >= 0.6 is 0 Å². The first kappa shape index (κ1) is 39.9. The highest BCUT2D eigenvalue weighted by Gasteiger charge is 2.24. The molecule has 0 bridgehead atoms. The molecule has 62 heavy (non-hydrogen) atoms. The predicted octanol–water partition coefficient (Wildman–Crippen LogP) is 15.9. The van der Waals surface area contributed by atoms with E-state index in [9.17, 15) is 5.11 Å². The molecular weight excluding hydrogens is 755 g/mol. The molecule has 3 aromatic heterocycles. The average molecular weight is 814 g/mol. The minimum Gasteiger partial charge on any atom is -0.508 e. The van der Waals surface area contributed by atoms with Gasteiger partial charge in [0, 0.05) is 49.4 Å². The Balaban J connectivity index is 1.27. The normalized spacial score (nSPS) is 13.2. The average Bonchev–Trinajstić information content (AvgIpc) is 3.83. The van der Waals surface area contributed by atoms with Crippen molar-refractivity contribution in [3.8, 4) is 22.8 Å². The van der Waals surface area contributed by atoms with Crippen molar-refractivity contribution in [1.29, 1.82) is 0 Å². The van der Waals surface area contributed by atoms with Crippen LogP contribution in [0, 0.1) is 0 Å². The molecular formula is C58H59N3O. The summed E-state index contributed by atoms with van der Waals surface area (Å²) in [5.74, 6) is 0.255. The molecule has 10 aromatic rings. The predicted molar refractivity (Wildman–Crippen MR) is 266 cm³/mol. The van der Waals surface area contributed by atoms with Gasteiger partial charge in [-0.25, -0.2) is 0 Å². The summed E-state index contributed by atoms with van der Waals surface area (Å²) in [5.41, 5.74) is 15.7. The monoisotopic (exact) mass is 813 g/mol. The lowest BCUT2D eigenvalue weighted by atomic mass is 9.85. The molecule has 7 aromatic carbocycles. The van der Waals surface area contributed by atoms with Crippen molar-refractivity contribution in [1.82, 2.24) is 13.7 Å². The Morgan fingerprint density at radius 1 is 0.274 bits per heavy atom. The number of hydrogen-bond acceptors (Lipinski definition) is 1. The molecule has 0 atom stereocenters. The van der Waals surface area contributed by atoms with Gasteiger partial charge in [-0.2, -0.15) is 0 Å². The minimum atomic E-state index is 0.0249. The molecule has 10 rings (SSSR count). The van der Waals surface area contributed by atoms with Crippen molar-refractivity contribution in [3.05, 3.63) is 156 Å². The molecule has 0 aliphatic heterocycles. The number of phenols is 1. The highest BCUT2D eigenvalue weighted by Crippen LogP contribution is 2.42. The number of rotatable bonds is 3. The number of hydrogen-bond donors (Lipinski definition) is 1. The minimum absolute atomic E-state index is 0.0249. The maximum absolute atomic E-state index is 10.3. The van der Waals surface area contributed by atoms with E-state index in [4.69, 9.17) is 0 Å². The SMILES string of the molecule is CC(C)(C)c1ccc2c(c1)c1cc(C(C)(C)C)ccc1n2-c1ccc2c(c1)c1cc(-n3c4ccc(C(C)(C)C)cc4c4cc(C(C)(C)C)ccc43)ccc1n2-c1ccc(O)cc1. The van der Waals surface area contributed by atoms with Gasteiger partial charge in [-0.15, -0.1) is 0 Å². The molecule has 3 heterocycles. The summed E-state index contributed by atoms with van der Waals surface area (Å²) in [6.07, 6.45) is 0. The Morgan fingerprint density at radius 3 is 0.774 bits per heavy atom. The third kappa shape index (κ3) is 6.32.